The number of carbonyl (C=O) groups is 2. The van der Waals surface area contributed by atoms with Crippen LogP contribution in [0.2, 0.25) is 0 Å². The first-order chi connectivity index (χ1) is 7.17. The van der Waals surface area contributed by atoms with Crippen molar-refractivity contribution in [2.45, 2.75) is 32.8 Å². The zero-order chi connectivity index (χ0) is 11.3. The number of carbonyl (C=O) groups excluding carboxylic acids is 2. The predicted octanol–water partition coefficient (Wildman–Crippen LogP) is 0.202. The van der Waals surface area contributed by atoms with E-state index in [-0.39, 0.29) is 0 Å². The highest BCUT2D eigenvalue weighted by molar-refractivity contribution is 5.91. The SMILES string of the molecule is CCOC1OC(=O)CC(=O)OC1OCC. The van der Waals surface area contributed by atoms with Crippen LogP contribution in [0.4, 0.5) is 0 Å². The smallest absolute Gasteiger partial charge is 0.319 e. The first kappa shape index (κ1) is 11.9. The van der Waals surface area contributed by atoms with Crippen molar-refractivity contribution < 1.29 is 28.5 Å². The van der Waals surface area contributed by atoms with Crippen molar-refractivity contribution in [1.82, 2.24) is 0 Å². The van der Waals surface area contributed by atoms with Crippen LogP contribution in [0.25, 0.3) is 0 Å². The molecule has 1 aliphatic rings. The predicted molar refractivity (Wildman–Crippen MR) is 47.6 cm³/mol. The molecule has 0 saturated carbocycles. The number of hydrogen-bond donors (Lipinski definition) is 0. The highest BCUT2D eigenvalue weighted by Crippen LogP contribution is 2.14. The van der Waals surface area contributed by atoms with Gasteiger partial charge in [-0.05, 0) is 13.8 Å². The summed E-state index contributed by atoms with van der Waals surface area (Å²) in [7, 11) is 0. The Morgan fingerprint density at radius 3 is 1.80 bits per heavy atom. The summed E-state index contributed by atoms with van der Waals surface area (Å²) in [5, 5.41) is 0. The highest BCUT2D eigenvalue weighted by Gasteiger charge is 2.34. The molecule has 0 aromatic carbocycles. The molecule has 15 heavy (non-hydrogen) atoms. The molecule has 1 fully saturated rings. The molecule has 1 aliphatic heterocycles. The molecule has 0 aromatic heterocycles. The average molecular weight is 218 g/mol. The van der Waals surface area contributed by atoms with E-state index in [1.807, 2.05) is 0 Å². The Hall–Kier alpha value is -1.14. The minimum absolute atomic E-state index is 0.332. The summed E-state index contributed by atoms with van der Waals surface area (Å²) >= 11 is 0. The monoisotopic (exact) mass is 218 g/mol. The molecule has 6 heteroatoms. The van der Waals surface area contributed by atoms with Crippen LogP contribution in [0.5, 0.6) is 0 Å². The molecule has 0 aliphatic carbocycles. The summed E-state index contributed by atoms with van der Waals surface area (Å²) in [5.74, 6) is -1.33. The van der Waals surface area contributed by atoms with E-state index in [0.717, 1.165) is 0 Å². The summed E-state index contributed by atoms with van der Waals surface area (Å²) < 4.78 is 19.9. The molecule has 2 atom stereocenters. The van der Waals surface area contributed by atoms with Crippen LogP contribution in [-0.2, 0) is 28.5 Å². The summed E-state index contributed by atoms with van der Waals surface area (Å²) in [6.45, 7) is 4.14. The Balaban J connectivity index is 2.68. The molecule has 0 bridgehead atoms. The van der Waals surface area contributed by atoms with Gasteiger partial charge in [0, 0.05) is 13.2 Å². The maximum atomic E-state index is 11.1. The van der Waals surface area contributed by atoms with Gasteiger partial charge in [0.25, 0.3) is 12.6 Å². The standard InChI is InChI=1S/C9H14O6/c1-3-12-8-9(13-4-2)15-7(11)5-6(10)14-8/h8-9H,3-5H2,1-2H3. The molecule has 0 spiro atoms. The maximum absolute atomic E-state index is 11.1. The van der Waals surface area contributed by atoms with Gasteiger partial charge < -0.3 is 18.9 Å². The van der Waals surface area contributed by atoms with Crippen LogP contribution in [0.15, 0.2) is 0 Å². The second-order valence-corrected chi connectivity index (χ2v) is 2.80. The molecule has 0 radical (unpaired) electrons. The summed E-state index contributed by atoms with van der Waals surface area (Å²) in [5.41, 5.74) is 0. The Kier molecular flexibility index (Phi) is 4.51. The first-order valence-electron chi connectivity index (χ1n) is 4.79. The van der Waals surface area contributed by atoms with Crippen LogP contribution in [0.1, 0.15) is 20.3 Å². The number of hydrogen-bond acceptors (Lipinski definition) is 6. The fraction of sp³-hybridized carbons (Fsp3) is 0.778. The Labute approximate surface area is 87.4 Å². The summed E-state index contributed by atoms with van der Waals surface area (Å²) in [4.78, 5) is 22.1. The molecule has 6 nitrogen and oxygen atoms in total. The van der Waals surface area contributed by atoms with Crippen LogP contribution in [-0.4, -0.2) is 37.7 Å². The van der Waals surface area contributed by atoms with E-state index in [2.05, 4.69) is 0 Å². The number of esters is 2. The molecule has 0 N–H and O–H groups in total. The van der Waals surface area contributed by atoms with E-state index < -0.39 is 30.9 Å². The molecular weight excluding hydrogens is 204 g/mol. The van der Waals surface area contributed by atoms with Gasteiger partial charge in [-0.2, -0.15) is 0 Å². The minimum atomic E-state index is -0.978. The van der Waals surface area contributed by atoms with Gasteiger partial charge in [-0.1, -0.05) is 0 Å². The van der Waals surface area contributed by atoms with Crippen LogP contribution in [0.3, 0.4) is 0 Å². The van der Waals surface area contributed by atoms with Gasteiger partial charge in [0.1, 0.15) is 6.42 Å². The van der Waals surface area contributed by atoms with Gasteiger partial charge >= 0.3 is 11.9 Å². The van der Waals surface area contributed by atoms with Crippen LogP contribution >= 0.6 is 0 Å². The topological polar surface area (TPSA) is 71.1 Å². The van der Waals surface area contributed by atoms with E-state index in [1.54, 1.807) is 13.8 Å². The number of rotatable bonds is 4. The number of cyclic esters (lactones) is 2. The zero-order valence-electron chi connectivity index (χ0n) is 8.73. The Bertz CT molecular complexity index is 215. The Morgan fingerprint density at radius 2 is 1.47 bits per heavy atom. The van der Waals surface area contributed by atoms with E-state index in [0.29, 0.717) is 13.2 Å². The van der Waals surface area contributed by atoms with Crippen molar-refractivity contribution in [3.8, 4) is 0 Å². The fourth-order valence-corrected chi connectivity index (χ4v) is 1.13. The molecule has 1 heterocycles. The lowest BCUT2D eigenvalue weighted by Gasteiger charge is -2.22. The third-order valence-electron chi connectivity index (χ3n) is 1.67. The van der Waals surface area contributed by atoms with Gasteiger partial charge in [0.05, 0.1) is 0 Å². The molecule has 86 valence electrons. The Morgan fingerprint density at radius 1 is 1.07 bits per heavy atom. The molecule has 1 rings (SSSR count). The van der Waals surface area contributed by atoms with Crippen molar-refractivity contribution in [2.75, 3.05) is 13.2 Å². The van der Waals surface area contributed by atoms with E-state index >= 15 is 0 Å². The third-order valence-corrected chi connectivity index (χ3v) is 1.67. The van der Waals surface area contributed by atoms with Gasteiger partial charge in [0.15, 0.2) is 0 Å². The minimum Gasteiger partial charge on any atom is -0.428 e. The van der Waals surface area contributed by atoms with Crippen LogP contribution in [0, 0.1) is 0 Å². The molecule has 0 aromatic rings. The quantitative estimate of drug-likeness (QED) is 0.496. The van der Waals surface area contributed by atoms with Gasteiger partial charge in [0.2, 0.25) is 0 Å². The van der Waals surface area contributed by atoms with Crippen molar-refractivity contribution in [3.05, 3.63) is 0 Å². The van der Waals surface area contributed by atoms with Gasteiger partial charge in [-0.25, -0.2) is 0 Å². The fourth-order valence-electron chi connectivity index (χ4n) is 1.13. The third kappa shape index (κ3) is 3.49. The normalized spacial score (nSPS) is 26.8. The van der Waals surface area contributed by atoms with Crippen molar-refractivity contribution in [3.63, 3.8) is 0 Å². The van der Waals surface area contributed by atoms with E-state index in [9.17, 15) is 9.59 Å². The lowest BCUT2D eigenvalue weighted by molar-refractivity contribution is -0.259. The van der Waals surface area contributed by atoms with E-state index in [4.69, 9.17) is 18.9 Å². The maximum Gasteiger partial charge on any atom is 0.319 e. The molecule has 2 unspecified atom stereocenters. The molecule has 1 saturated heterocycles. The van der Waals surface area contributed by atoms with Crippen molar-refractivity contribution >= 4 is 11.9 Å². The molecule has 0 amide bonds. The summed E-state index contributed by atoms with van der Waals surface area (Å²) in [6, 6.07) is 0. The van der Waals surface area contributed by atoms with Crippen LogP contribution < -0.4 is 0 Å². The second kappa shape index (κ2) is 5.67. The van der Waals surface area contributed by atoms with Gasteiger partial charge in [-0.3, -0.25) is 9.59 Å². The van der Waals surface area contributed by atoms with E-state index in [1.165, 1.54) is 0 Å². The first-order valence-corrected chi connectivity index (χ1v) is 4.79. The zero-order valence-corrected chi connectivity index (χ0v) is 8.73. The highest BCUT2D eigenvalue weighted by atomic mass is 16.8. The van der Waals surface area contributed by atoms with Crippen molar-refractivity contribution in [2.24, 2.45) is 0 Å². The second-order valence-electron chi connectivity index (χ2n) is 2.80. The largest absolute Gasteiger partial charge is 0.428 e. The number of ether oxygens (including phenoxy) is 4. The van der Waals surface area contributed by atoms with Gasteiger partial charge in [-0.15, -0.1) is 0 Å². The lowest BCUT2D eigenvalue weighted by Crippen LogP contribution is -2.36. The lowest BCUT2D eigenvalue weighted by atomic mass is 10.4. The average Bonchev–Trinajstić information content (AvgIpc) is 2.27. The van der Waals surface area contributed by atoms with Crippen molar-refractivity contribution in [1.29, 1.82) is 0 Å². The molecular formula is C9H14O6. The summed E-state index contributed by atoms with van der Waals surface area (Å²) in [6.07, 6.45) is -2.37.